The van der Waals surface area contributed by atoms with Crippen molar-refractivity contribution in [1.82, 2.24) is 15.5 Å². The summed E-state index contributed by atoms with van der Waals surface area (Å²) in [4.78, 5) is 17.2. The Morgan fingerprint density at radius 2 is 1.87 bits per heavy atom. The van der Waals surface area contributed by atoms with Crippen LogP contribution in [0.3, 0.4) is 0 Å². The highest BCUT2D eigenvalue weighted by molar-refractivity contribution is 5.81. The largest absolute Gasteiger partial charge is 0.497 e. The van der Waals surface area contributed by atoms with E-state index < -0.39 is 0 Å². The number of ether oxygens (including phenoxy) is 1. The van der Waals surface area contributed by atoms with Crippen LogP contribution in [0, 0.1) is 0 Å². The molecule has 0 saturated carbocycles. The molecule has 1 heterocycles. The summed E-state index contributed by atoms with van der Waals surface area (Å²) in [7, 11) is 3.40. The highest BCUT2D eigenvalue weighted by atomic mass is 16.5. The smallest absolute Gasteiger partial charge is 0.237 e. The van der Waals surface area contributed by atoms with E-state index in [1.54, 1.807) is 14.2 Å². The Balaban J connectivity index is 1.63. The van der Waals surface area contributed by atoms with Crippen LogP contribution in [-0.2, 0) is 17.9 Å². The van der Waals surface area contributed by atoms with E-state index in [0.29, 0.717) is 0 Å². The minimum atomic E-state index is -0.115. The van der Waals surface area contributed by atoms with Crippen molar-refractivity contribution in [3.05, 3.63) is 59.7 Å². The van der Waals surface area contributed by atoms with Crippen LogP contribution in [0.5, 0.6) is 5.75 Å². The van der Waals surface area contributed by atoms with Gasteiger partial charge in [0.05, 0.1) is 13.2 Å². The first-order valence-electron chi connectivity index (χ1n) is 11.2. The van der Waals surface area contributed by atoms with Crippen LogP contribution in [0.15, 0.2) is 48.5 Å². The number of nitrogens with zero attached hydrogens (tertiary/aromatic N) is 2. The van der Waals surface area contributed by atoms with Gasteiger partial charge in [0, 0.05) is 51.5 Å². The van der Waals surface area contributed by atoms with Crippen LogP contribution >= 0.6 is 0 Å². The van der Waals surface area contributed by atoms with Crippen molar-refractivity contribution in [1.29, 1.82) is 0 Å². The monoisotopic (exact) mass is 424 g/mol. The second-order valence-corrected chi connectivity index (χ2v) is 8.06. The van der Waals surface area contributed by atoms with Crippen molar-refractivity contribution in [3.63, 3.8) is 0 Å². The number of likely N-dealkylation sites (N-methyl/N-ethyl adjacent to an activating group) is 1. The number of nitrogens with one attached hydrogen (secondary N) is 2. The van der Waals surface area contributed by atoms with E-state index in [0.717, 1.165) is 44.9 Å². The number of hydrogen-bond donors (Lipinski definition) is 2. The number of hydrogen-bond acceptors (Lipinski definition) is 5. The molecular weight excluding hydrogens is 388 g/mol. The molecule has 31 heavy (non-hydrogen) atoms. The van der Waals surface area contributed by atoms with Gasteiger partial charge in [0.25, 0.3) is 0 Å². The third-order valence-corrected chi connectivity index (χ3v) is 6.13. The Labute approximate surface area is 186 Å². The fourth-order valence-corrected chi connectivity index (χ4v) is 4.35. The maximum atomic E-state index is 12.5. The van der Waals surface area contributed by atoms with E-state index in [1.165, 1.54) is 16.8 Å². The van der Waals surface area contributed by atoms with Gasteiger partial charge in [0.15, 0.2) is 0 Å². The third kappa shape index (κ3) is 5.99. The molecule has 2 atom stereocenters. The van der Waals surface area contributed by atoms with Crippen LogP contribution in [0.25, 0.3) is 0 Å². The number of amides is 1. The van der Waals surface area contributed by atoms with Gasteiger partial charge in [-0.15, -0.1) is 0 Å². The van der Waals surface area contributed by atoms with Gasteiger partial charge in [-0.3, -0.25) is 9.69 Å². The molecule has 1 aliphatic rings. The Morgan fingerprint density at radius 1 is 1.13 bits per heavy atom. The van der Waals surface area contributed by atoms with E-state index in [2.05, 4.69) is 64.6 Å². The Bertz CT molecular complexity index is 836. The quantitative estimate of drug-likeness (QED) is 0.614. The Hall–Kier alpha value is -2.57. The molecule has 6 heteroatoms. The lowest BCUT2D eigenvalue weighted by atomic mass is 10.1. The van der Waals surface area contributed by atoms with Crippen LogP contribution < -0.4 is 20.3 Å². The van der Waals surface area contributed by atoms with E-state index in [9.17, 15) is 4.79 Å². The third-order valence-electron chi connectivity index (χ3n) is 6.13. The predicted molar refractivity (Wildman–Crippen MR) is 127 cm³/mol. The van der Waals surface area contributed by atoms with Crippen LogP contribution in [-0.4, -0.2) is 56.7 Å². The van der Waals surface area contributed by atoms with Crippen molar-refractivity contribution >= 4 is 11.6 Å². The summed E-state index contributed by atoms with van der Waals surface area (Å²) < 4.78 is 5.32. The predicted octanol–water partition coefficient (Wildman–Crippen LogP) is 3.02. The van der Waals surface area contributed by atoms with E-state index >= 15 is 0 Å². The second kappa shape index (κ2) is 11.2. The molecular formula is C25H36N4O2. The van der Waals surface area contributed by atoms with E-state index in [4.69, 9.17) is 4.74 Å². The molecule has 2 aromatic carbocycles. The zero-order valence-corrected chi connectivity index (χ0v) is 19.2. The minimum absolute atomic E-state index is 0.0884. The summed E-state index contributed by atoms with van der Waals surface area (Å²) in [6, 6.07) is 17.0. The van der Waals surface area contributed by atoms with Crippen molar-refractivity contribution in [2.75, 3.05) is 38.7 Å². The SMILES string of the molecule is CCN(CC)c1ccc(CN2C[C@@H](NCc3cccc(OC)c3)C[C@H]2C(=O)NC)cc1. The van der Waals surface area contributed by atoms with Gasteiger partial charge in [0.2, 0.25) is 5.91 Å². The number of anilines is 1. The topological polar surface area (TPSA) is 56.8 Å². The number of benzene rings is 2. The molecule has 2 N–H and O–H groups in total. The lowest BCUT2D eigenvalue weighted by molar-refractivity contribution is -0.125. The molecule has 0 aliphatic carbocycles. The maximum Gasteiger partial charge on any atom is 0.237 e. The molecule has 1 amide bonds. The average molecular weight is 425 g/mol. The summed E-state index contributed by atoms with van der Waals surface area (Å²) in [5, 5.41) is 6.47. The summed E-state index contributed by atoms with van der Waals surface area (Å²) in [5.74, 6) is 0.953. The fraction of sp³-hybridized carbons (Fsp3) is 0.480. The molecule has 1 fully saturated rings. The zero-order chi connectivity index (χ0) is 22.2. The fourth-order valence-electron chi connectivity index (χ4n) is 4.35. The zero-order valence-electron chi connectivity index (χ0n) is 19.2. The molecule has 1 aliphatic heterocycles. The molecule has 0 aromatic heterocycles. The molecule has 6 nitrogen and oxygen atoms in total. The second-order valence-electron chi connectivity index (χ2n) is 8.06. The van der Waals surface area contributed by atoms with Gasteiger partial charge in [0.1, 0.15) is 5.75 Å². The van der Waals surface area contributed by atoms with Gasteiger partial charge in [-0.25, -0.2) is 0 Å². The molecule has 168 valence electrons. The lowest BCUT2D eigenvalue weighted by Gasteiger charge is -2.24. The molecule has 3 rings (SSSR count). The van der Waals surface area contributed by atoms with Crippen LogP contribution in [0.4, 0.5) is 5.69 Å². The Kier molecular flexibility index (Phi) is 8.32. The molecule has 0 spiro atoms. The van der Waals surface area contributed by atoms with Gasteiger partial charge in [-0.2, -0.15) is 0 Å². The highest BCUT2D eigenvalue weighted by Gasteiger charge is 2.36. The van der Waals surface area contributed by atoms with Crippen molar-refractivity contribution in [2.45, 2.75) is 45.4 Å². The van der Waals surface area contributed by atoms with Gasteiger partial charge < -0.3 is 20.3 Å². The van der Waals surface area contributed by atoms with E-state index in [-0.39, 0.29) is 18.0 Å². The first-order valence-corrected chi connectivity index (χ1v) is 11.2. The van der Waals surface area contributed by atoms with Crippen LogP contribution in [0.1, 0.15) is 31.4 Å². The summed E-state index contributed by atoms with van der Waals surface area (Å²) >= 11 is 0. The average Bonchev–Trinajstić information content (AvgIpc) is 3.21. The minimum Gasteiger partial charge on any atom is -0.497 e. The summed E-state index contributed by atoms with van der Waals surface area (Å²) in [6.45, 7) is 8.73. The van der Waals surface area contributed by atoms with Gasteiger partial charge >= 0.3 is 0 Å². The normalized spacial score (nSPS) is 18.7. The maximum absolute atomic E-state index is 12.5. The number of rotatable bonds is 10. The molecule has 2 aromatic rings. The standard InChI is InChI=1S/C25H36N4O2/c1-5-28(6-2)22-12-10-19(11-13-22)17-29-18-21(15-24(29)25(30)26-3)27-16-20-8-7-9-23(14-20)31-4/h7-14,21,24,27H,5-6,15-18H2,1-4H3,(H,26,30)/t21-,24-/m0/s1. The number of carbonyl (C=O) groups is 1. The molecule has 1 saturated heterocycles. The van der Waals surface area contributed by atoms with E-state index in [1.807, 2.05) is 18.2 Å². The highest BCUT2D eigenvalue weighted by Crippen LogP contribution is 2.23. The first-order chi connectivity index (χ1) is 15.1. The first kappa shape index (κ1) is 23.1. The number of likely N-dealkylation sites (tertiary alicyclic amines) is 1. The Morgan fingerprint density at radius 3 is 2.52 bits per heavy atom. The van der Waals surface area contributed by atoms with Crippen molar-refractivity contribution < 1.29 is 9.53 Å². The summed E-state index contributed by atoms with van der Waals surface area (Å²) in [6.07, 6.45) is 0.807. The number of methoxy groups -OCH3 is 1. The van der Waals surface area contributed by atoms with Crippen LogP contribution in [0.2, 0.25) is 0 Å². The van der Waals surface area contributed by atoms with Gasteiger partial charge in [-0.1, -0.05) is 24.3 Å². The number of carbonyl (C=O) groups excluding carboxylic acids is 1. The lowest BCUT2D eigenvalue weighted by Crippen LogP contribution is -2.41. The molecule has 0 bridgehead atoms. The summed E-state index contributed by atoms with van der Waals surface area (Å²) in [5.41, 5.74) is 3.66. The van der Waals surface area contributed by atoms with Crippen molar-refractivity contribution in [3.8, 4) is 5.75 Å². The molecule has 0 unspecified atom stereocenters. The van der Waals surface area contributed by atoms with Gasteiger partial charge in [-0.05, 0) is 55.7 Å². The van der Waals surface area contributed by atoms with Crippen molar-refractivity contribution in [2.24, 2.45) is 0 Å². The molecule has 0 radical (unpaired) electrons.